The molecule has 3 N–H and O–H groups in total. The van der Waals surface area contributed by atoms with Gasteiger partial charge in [0.15, 0.2) is 0 Å². The molecule has 0 atom stereocenters. The molecule has 1 heterocycles. The minimum absolute atomic E-state index is 0.00722. The highest BCUT2D eigenvalue weighted by Gasteiger charge is 2.35. The third-order valence-corrected chi connectivity index (χ3v) is 4.82. The molecular weight excluding hydrogens is 494 g/mol. The first-order valence-electron chi connectivity index (χ1n) is 8.04. The van der Waals surface area contributed by atoms with Crippen LogP contribution in [0.4, 0.5) is 37.1 Å². The largest absolute Gasteiger partial charge is 0.574 e. The van der Waals surface area contributed by atoms with E-state index in [1.54, 1.807) is 0 Å². The van der Waals surface area contributed by atoms with Crippen LogP contribution in [-0.2, 0) is 10.0 Å². The zero-order valence-electron chi connectivity index (χ0n) is 15.8. The van der Waals surface area contributed by atoms with Crippen LogP contribution in [0, 0.1) is 6.92 Å². The molecule has 2 rings (SSSR count). The number of aromatic nitrogens is 2. The lowest BCUT2D eigenvalue weighted by atomic mass is 10.1. The van der Waals surface area contributed by atoms with Crippen LogP contribution in [0.25, 0.3) is 0 Å². The Hall–Kier alpha value is -3.83. The van der Waals surface area contributed by atoms with Crippen LogP contribution in [0.2, 0.25) is 0 Å². The Morgan fingerprint density at radius 3 is 1.97 bits per heavy atom. The fourth-order valence-electron chi connectivity index (χ4n) is 2.28. The average Bonchev–Trinajstić information content (AvgIpc) is 2.57. The van der Waals surface area contributed by atoms with Crippen LogP contribution >= 0.6 is 0 Å². The van der Waals surface area contributed by atoms with E-state index in [1.807, 2.05) is 0 Å². The number of aromatic carboxylic acids is 1. The van der Waals surface area contributed by atoms with Crippen molar-refractivity contribution in [2.24, 2.45) is 0 Å². The summed E-state index contributed by atoms with van der Waals surface area (Å²) in [6.07, 6.45) is -10.8. The van der Waals surface area contributed by atoms with Gasteiger partial charge in [0.05, 0.1) is 11.6 Å². The molecule has 2 amide bonds. The summed E-state index contributed by atoms with van der Waals surface area (Å²) in [5, 5.41) is 10.6. The minimum Gasteiger partial charge on any atom is -0.478 e. The van der Waals surface area contributed by atoms with Crippen LogP contribution in [-0.4, -0.2) is 48.2 Å². The van der Waals surface area contributed by atoms with Crippen molar-refractivity contribution in [3.63, 3.8) is 0 Å². The van der Waals surface area contributed by atoms with Gasteiger partial charge in [0.2, 0.25) is 17.7 Å². The predicted molar refractivity (Wildman–Crippen MR) is 92.9 cm³/mol. The molecule has 0 saturated carbocycles. The Kier molecular flexibility index (Phi) is 6.91. The molecular formula is C15H10F6N4O7S. The Morgan fingerprint density at radius 2 is 1.52 bits per heavy atom. The fourth-order valence-corrected chi connectivity index (χ4v) is 3.61. The van der Waals surface area contributed by atoms with Crippen LogP contribution in [0.15, 0.2) is 29.2 Å². The number of rotatable bonds is 6. The lowest BCUT2D eigenvalue weighted by molar-refractivity contribution is -0.278. The van der Waals surface area contributed by atoms with E-state index in [9.17, 15) is 44.3 Å². The summed E-state index contributed by atoms with van der Waals surface area (Å²) in [5.41, 5.74) is -0.805. The number of carbonyl (C=O) groups is 2. The number of urea groups is 1. The number of anilines is 1. The maximum atomic E-state index is 12.5. The molecule has 0 unspecified atom stereocenters. The second-order valence-corrected chi connectivity index (χ2v) is 7.40. The van der Waals surface area contributed by atoms with Crippen molar-refractivity contribution in [2.75, 3.05) is 5.32 Å². The topological polar surface area (TPSA) is 157 Å². The number of carbonyl (C=O) groups excluding carboxylic acids is 1. The number of nitrogens with zero attached hydrogens (tertiary/aromatic N) is 2. The molecule has 0 spiro atoms. The SMILES string of the molecule is Cc1cccc(C(=O)O)c1S(=O)(=O)NC(=O)Nc1nc(OC(F)(F)F)cc(OC(F)(F)F)n1. The first-order valence-corrected chi connectivity index (χ1v) is 9.52. The van der Waals surface area contributed by atoms with Gasteiger partial charge in [-0.05, 0) is 18.6 Å². The predicted octanol–water partition coefficient (Wildman–Crippen LogP) is 2.79. The molecule has 0 bridgehead atoms. The quantitative estimate of drug-likeness (QED) is 0.503. The standard InChI is InChI=1S/C15H10F6N4O7S/c1-6-3-2-4-7(11(26)27)10(6)33(29,30)25-13(28)24-12-22-8(31-14(16,17)18)5-9(23-12)32-15(19,20)21/h2-5H,1H3,(H,26,27)(H2,22,23,24,25,28). The van der Waals surface area contributed by atoms with Gasteiger partial charge in [-0.15, -0.1) is 26.3 Å². The van der Waals surface area contributed by atoms with Gasteiger partial charge in [0.25, 0.3) is 10.0 Å². The highest BCUT2D eigenvalue weighted by atomic mass is 32.2. The molecule has 0 fully saturated rings. The summed E-state index contributed by atoms with van der Waals surface area (Å²) in [6.45, 7) is 1.21. The summed E-state index contributed by atoms with van der Waals surface area (Å²) in [5.74, 6) is -5.98. The van der Waals surface area contributed by atoms with E-state index in [0.717, 1.165) is 6.07 Å². The van der Waals surface area contributed by atoms with E-state index in [2.05, 4.69) is 19.4 Å². The number of nitrogens with one attached hydrogen (secondary N) is 2. The van der Waals surface area contributed by atoms with Gasteiger partial charge in [-0.3, -0.25) is 5.32 Å². The highest BCUT2D eigenvalue weighted by molar-refractivity contribution is 7.90. The summed E-state index contributed by atoms with van der Waals surface area (Å²) < 4.78 is 107. The molecule has 180 valence electrons. The van der Waals surface area contributed by atoms with Gasteiger partial charge in [0, 0.05) is 0 Å². The van der Waals surface area contributed by atoms with Gasteiger partial charge in [0.1, 0.15) is 4.90 Å². The number of aryl methyl sites for hydroxylation is 1. The van der Waals surface area contributed by atoms with E-state index in [-0.39, 0.29) is 11.6 Å². The number of amides is 2. The maximum absolute atomic E-state index is 12.5. The van der Waals surface area contributed by atoms with Crippen molar-refractivity contribution in [3.05, 3.63) is 35.4 Å². The van der Waals surface area contributed by atoms with Gasteiger partial charge < -0.3 is 14.6 Å². The van der Waals surface area contributed by atoms with Crippen LogP contribution < -0.4 is 19.5 Å². The van der Waals surface area contributed by atoms with Gasteiger partial charge in [-0.1, -0.05) is 12.1 Å². The second-order valence-electron chi connectivity index (χ2n) is 5.78. The van der Waals surface area contributed by atoms with Crippen molar-refractivity contribution in [1.82, 2.24) is 14.7 Å². The normalized spacial score (nSPS) is 12.1. The number of sulfonamides is 1. The number of hydrogen-bond donors (Lipinski definition) is 3. The Labute approximate surface area is 179 Å². The molecule has 33 heavy (non-hydrogen) atoms. The van der Waals surface area contributed by atoms with Crippen molar-refractivity contribution >= 4 is 28.0 Å². The monoisotopic (exact) mass is 504 g/mol. The van der Waals surface area contributed by atoms with Crippen LogP contribution in [0.3, 0.4) is 0 Å². The first kappa shape index (κ1) is 25.4. The van der Waals surface area contributed by atoms with E-state index in [4.69, 9.17) is 5.11 Å². The number of carboxylic acids is 1. The first-order chi connectivity index (χ1) is 15.0. The van der Waals surface area contributed by atoms with Gasteiger partial charge in [-0.2, -0.15) is 9.97 Å². The summed E-state index contributed by atoms with van der Waals surface area (Å²) >= 11 is 0. The van der Waals surface area contributed by atoms with Gasteiger partial charge >= 0.3 is 24.7 Å². The van der Waals surface area contributed by atoms with Crippen molar-refractivity contribution in [3.8, 4) is 11.8 Å². The van der Waals surface area contributed by atoms with Crippen molar-refractivity contribution < 1.29 is 58.9 Å². The van der Waals surface area contributed by atoms with Gasteiger partial charge in [-0.25, -0.2) is 22.7 Å². The van der Waals surface area contributed by atoms with E-state index >= 15 is 0 Å². The minimum atomic E-state index is -5.40. The smallest absolute Gasteiger partial charge is 0.478 e. The number of ether oxygens (including phenoxy) is 2. The third kappa shape index (κ3) is 7.37. The van der Waals surface area contributed by atoms with E-state index in [0.29, 0.717) is 0 Å². The number of hydrogen-bond acceptors (Lipinski definition) is 8. The lowest BCUT2D eigenvalue weighted by Gasteiger charge is -2.14. The zero-order chi connectivity index (χ0) is 25.2. The highest BCUT2D eigenvalue weighted by Crippen LogP contribution is 2.28. The second kappa shape index (κ2) is 8.96. The molecule has 0 radical (unpaired) electrons. The zero-order valence-corrected chi connectivity index (χ0v) is 16.6. The summed E-state index contributed by atoms with van der Waals surface area (Å²) in [6, 6.07) is 1.61. The third-order valence-electron chi connectivity index (χ3n) is 3.28. The van der Waals surface area contributed by atoms with E-state index in [1.165, 1.54) is 29.1 Å². The van der Waals surface area contributed by atoms with Crippen LogP contribution in [0.5, 0.6) is 11.8 Å². The Balaban J connectivity index is 2.35. The van der Waals surface area contributed by atoms with Crippen molar-refractivity contribution in [1.29, 1.82) is 0 Å². The lowest BCUT2D eigenvalue weighted by Crippen LogP contribution is -2.36. The van der Waals surface area contributed by atoms with E-state index < -0.39 is 62.9 Å². The number of halogens is 6. The average molecular weight is 504 g/mol. The molecule has 1 aromatic heterocycles. The molecule has 0 saturated heterocycles. The number of carboxylic acid groups (broad SMARTS) is 1. The molecule has 2 aromatic rings. The Bertz CT molecular complexity index is 1150. The van der Waals surface area contributed by atoms with Crippen LogP contribution in [0.1, 0.15) is 15.9 Å². The molecule has 11 nitrogen and oxygen atoms in total. The molecule has 0 aliphatic carbocycles. The molecule has 0 aliphatic rings. The molecule has 0 aliphatic heterocycles. The fraction of sp³-hybridized carbons (Fsp3) is 0.200. The summed E-state index contributed by atoms with van der Waals surface area (Å²) in [7, 11) is -4.88. The summed E-state index contributed by atoms with van der Waals surface area (Å²) in [4.78, 5) is 28.5. The number of alkyl halides is 6. The number of benzene rings is 1. The van der Waals surface area contributed by atoms with Crippen molar-refractivity contribution in [2.45, 2.75) is 24.5 Å². The molecule has 1 aromatic carbocycles. The Morgan fingerprint density at radius 1 is 1.00 bits per heavy atom. The molecule has 18 heteroatoms. The maximum Gasteiger partial charge on any atom is 0.574 e.